The second kappa shape index (κ2) is 10.6. The van der Waals surface area contributed by atoms with E-state index in [0.29, 0.717) is 24.9 Å². The number of nitrogens with zero attached hydrogens (tertiary/aromatic N) is 1. The Morgan fingerprint density at radius 1 is 1.00 bits per heavy atom. The Hall–Kier alpha value is -1.93. The molecule has 2 aliphatic rings. The molecule has 1 saturated carbocycles. The first kappa shape index (κ1) is 23.7. The van der Waals surface area contributed by atoms with Gasteiger partial charge in [0, 0.05) is 19.1 Å². The summed E-state index contributed by atoms with van der Waals surface area (Å²) in [6.45, 7) is 5.05. The van der Waals surface area contributed by atoms with E-state index in [9.17, 15) is 18.0 Å². The van der Waals surface area contributed by atoms with Crippen molar-refractivity contribution in [3.05, 3.63) is 29.8 Å². The van der Waals surface area contributed by atoms with Crippen molar-refractivity contribution in [1.29, 1.82) is 0 Å². The lowest BCUT2D eigenvalue weighted by Crippen LogP contribution is -2.45. The van der Waals surface area contributed by atoms with Crippen molar-refractivity contribution in [3.63, 3.8) is 0 Å². The number of carbonyl (C=O) groups excluding carboxylic acids is 2. The van der Waals surface area contributed by atoms with E-state index in [1.54, 1.807) is 0 Å². The minimum absolute atomic E-state index is 0.110. The molecule has 1 aromatic carbocycles. The molecular formula is C23H34N2O5S. The van der Waals surface area contributed by atoms with Gasteiger partial charge in [0.25, 0.3) is 5.91 Å². The number of ether oxygens (including phenoxy) is 1. The summed E-state index contributed by atoms with van der Waals surface area (Å²) in [7, 11) is -3.56. The van der Waals surface area contributed by atoms with Crippen LogP contribution in [0.25, 0.3) is 0 Å². The van der Waals surface area contributed by atoms with Crippen molar-refractivity contribution < 1.29 is 22.7 Å². The highest BCUT2D eigenvalue weighted by Gasteiger charge is 2.28. The van der Waals surface area contributed by atoms with Gasteiger partial charge >= 0.3 is 5.97 Å². The molecule has 1 aliphatic heterocycles. The van der Waals surface area contributed by atoms with Gasteiger partial charge in [-0.2, -0.15) is 4.31 Å². The van der Waals surface area contributed by atoms with Crippen LogP contribution in [-0.2, 0) is 19.6 Å². The van der Waals surface area contributed by atoms with Crippen LogP contribution in [0.2, 0.25) is 0 Å². The molecule has 172 valence electrons. The fourth-order valence-electron chi connectivity index (χ4n) is 4.44. The van der Waals surface area contributed by atoms with Crippen molar-refractivity contribution in [2.75, 3.05) is 19.7 Å². The second-order valence-corrected chi connectivity index (χ2v) is 10.8. The average Bonchev–Trinajstić information content (AvgIpc) is 3.05. The van der Waals surface area contributed by atoms with Crippen LogP contribution in [-0.4, -0.2) is 50.3 Å². The maximum atomic E-state index is 12.8. The number of esters is 1. The zero-order valence-corrected chi connectivity index (χ0v) is 19.3. The Labute approximate surface area is 185 Å². The summed E-state index contributed by atoms with van der Waals surface area (Å²) in [5.41, 5.74) is 0.224. The lowest BCUT2D eigenvalue weighted by atomic mass is 9.78. The summed E-state index contributed by atoms with van der Waals surface area (Å²) in [6, 6.07) is 5.86. The standard InChI is InChI=1S/C23H34N2O5S/c1-17-8-7-9-21(18(17)2)24-22(26)16-30-23(27)19-10-12-20(13-11-19)31(28,29)25-14-5-3-4-6-15-25/h10-13,17-18,21H,3-9,14-16H2,1-2H3,(H,24,26)/t17-,18+,21+/m0/s1. The monoisotopic (exact) mass is 450 g/mol. The van der Waals surface area contributed by atoms with E-state index in [-0.39, 0.29) is 29.0 Å². The summed E-state index contributed by atoms with van der Waals surface area (Å²) >= 11 is 0. The maximum absolute atomic E-state index is 12.8. The SMILES string of the molecule is C[C@@H]1[C@@H](C)CCC[C@H]1NC(=O)COC(=O)c1ccc(S(=O)(=O)N2CCCCCC2)cc1. The van der Waals surface area contributed by atoms with Crippen LogP contribution in [0, 0.1) is 11.8 Å². The van der Waals surface area contributed by atoms with Gasteiger partial charge < -0.3 is 10.1 Å². The summed E-state index contributed by atoms with van der Waals surface area (Å²) < 4.78 is 32.3. The highest BCUT2D eigenvalue weighted by molar-refractivity contribution is 7.89. The lowest BCUT2D eigenvalue weighted by Gasteiger charge is -2.34. The molecule has 0 unspecified atom stereocenters. The van der Waals surface area contributed by atoms with Gasteiger partial charge in [0.1, 0.15) is 0 Å². The third-order valence-electron chi connectivity index (χ3n) is 6.68. The Bertz CT molecular complexity index is 860. The van der Waals surface area contributed by atoms with Crippen LogP contribution in [0.4, 0.5) is 0 Å². The number of nitrogens with one attached hydrogen (secondary N) is 1. The number of benzene rings is 1. The summed E-state index contributed by atoms with van der Waals surface area (Å²) in [4.78, 5) is 24.7. The Morgan fingerprint density at radius 3 is 2.29 bits per heavy atom. The van der Waals surface area contributed by atoms with Crippen molar-refractivity contribution in [2.24, 2.45) is 11.8 Å². The molecule has 1 N–H and O–H groups in total. The Morgan fingerprint density at radius 2 is 1.65 bits per heavy atom. The van der Waals surface area contributed by atoms with Gasteiger partial charge in [-0.25, -0.2) is 13.2 Å². The van der Waals surface area contributed by atoms with Crippen LogP contribution in [0.3, 0.4) is 0 Å². The molecule has 1 heterocycles. The van der Waals surface area contributed by atoms with Gasteiger partial charge in [-0.05, 0) is 55.4 Å². The van der Waals surface area contributed by atoms with Crippen molar-refractivity contribution in [1.82, 2.24) is 9.62 Å². The minimum Gasteiger partial charge on any atom is -0.452 e. The largest absolute Gasteiger partial charge is 0.452 e. The molecule has 7 nitrogen and oxygen atoms in total. The zero-order valence-electron chi connectivity index (χ0n) is 18.5. The molecule has 2 fully saturated rings. The van der Waals surface area contributed by atoms with Gasteiger partial charge in [0.15, 0.2) is 6.61 Å². The second-order valence-electron chi connectivity index (χ2n) is 8.86. The number of hydrogen-bond acceptors (Lipinski definition) is 5. The molecule has 0 bridgehead atoms. The summed E-state index contributed by atoms with van der Waals surface area (Å²) in [5, 5.41) is 2.98. The normalized spacial score (nSPS) is 25.4. The average molecular weight is 451 g/mol. The molecular weight excluding hydrogens is 416 g/mol. The van der Waals surface area contributed by atoms with E-state index < -0.39 is 16.0 Å². The van der Waals surface area contributed by atoms with Gasteiger partial charge in [-0.1, -0.05) is 39.5 Å². The molecule has 1 amide bonds. The molecule has 31 heavy (non-hydrogen) atoms. The molecule has 1 aliphatic carbocycles. The Kier molecular flexibility index (Phi) is 8.11. The zero-order chi connectivity index (χ0) is 22.4. The molecule has 0 aromatic heterocycles. The highest BCUT2D eigenvalue weighted by Crippen LogP contribution is 2.29. The topological polar surface area (TPSA) is 92.8 Å². The van der Waals surface area contributed by atoms with E-state index in [4.69, 9.17) is 4.74 Å². The number of sulfonamides is 1. The predicted molar refractivity (Wildman–Crippen MR) is 118 cm³/mol. The molecule has 0 radical (unpaired) electrons. The van der Waals surface area contributed by atoms with E-state index in [1.165, 1.54) is 35.0 Å². The van der Waals surface area contributed by atoms with Gasteiger partial charge in [-0.15, -0.1) is 0 Å². The molecule has 1 aromatic rings. The van der Waals surface area contributed by atoms with Crippen molar-refractivity contribution >= 4 is 21.9 Å². The summed E-state index contributed by atoms with van der Waals surface area (Å²) in [6.07, 6.45) is 7.02. The van der Waals surface area contributed by atoms with Gasteiger partial charge in [-0.3, -0.25) is 4.79 Å². The Balaban J connectivity index is 1.53. The number of amides is 1. The molecule has 8 heteroatoms. The number of rotatable bonds is 6. The van der Waals surface area contributed by atoms with Crippen LogP contribution >= 0.6 is 0 Å². The van der Waals surface area contributed by atoms with Crippen LogP contribution in [0.1, 0.15) is 69.2 Å². The van der Waals surface area contributed by atoms with Crippen molar-refractivity contribution in [2.45, 2.75) is 69.7 Å². The summed E-state index contributed by atoms with van der Waals surface area (Å²) in [5.74, 6) is 0.0106. The fourth-order valence-corrected chi connectivity index (χ4v) is 5.96. The minimum atomic E-state index is -3.56. The first-order chi connectivity index (χ1) is 14.8. The number of hydrogen-bond donors (Lipinski definition) is 1. The maximum Gasteiger partial charge on any atom is 0.338 e. The first-order valence-electron chi connectivity index (χ1n) is 11.4. The fraction of sp³-hybridized carbons (Fsp3) is 0.652. The van der Waals surface area contributed by atoms with Crippen LogP contribution in [0.15, 0.2) is 29.2 Å². The quantitative estimate of drug-likeness (QED) is 0.671. The predicted octanol–water partition coefficient (Wildman–Crippen LogP) is 3.35. The molecule has 1 saturated heterocycles. The van der Waals surface area contributed by atoms with E-state index in [2.05, 4.69) is 19.2 Å². The molecule has 3 rings (SSSR count). The lowest BCUT2D eigenvalue weighted by molar-refractivity contribution is -0.125. The van der Waals surface area contributed by atoms with Crippen LogP contribution in [0.5, 0.6) is 0 Å². The third kappa shape index (κ3) is 6.07. The molecule has 0 spiro atoms. The van der Waals surface area contributed by atoms with E-state index in [0.717, 1.165) is 38.5 Å². The molecule has 3 atom stereocenters. The first-order valence-corrected chi connectivity index (χ1v) is 12.8. The third-order valence-corrected chi connectivity index (χ3v) is 8.59. The van der Waals surface area contributed by atoms with E-state index >= 15 is 0 Å². The van der Waals surface area contributed by atoms with E-state index in [1.807, 2.05) is 0 Å². The smallest absolute Gasteiger partial charge is 0.338 e. The highest BCUT2D eigenvalue weighted by atomic mass is 32.2. The van der Waals surface area contributed by atoms with Crippen molar-refractivity contribution in [3.8, 4) is 0 Å². The number of carbonyl (C=O) groups is 2. The van der Waals surface area contributed by atoms with Crippen LogP contribution < -0.4 is 5.32 Å². The van der Waals surface area contributed by atoms with Gasteiger partial charge in [0.05, 0.1) is 10.5 Å². The van der Waals surface area contributed by atoms with Gasteiger partial charge in [0.2, 0.25) is 10.0 Å².